The van der Waals surface area contributed by atoms with Crippen molar-refractivity contribution < 1.29 is 10.2 Å². The lowest BCUT2D eigenvalue weighted by atomic mass is 10.3. The monoisotopic (exact) mass is 122 g/mol. The fraction of sp³-hybridized carbons (Fsp3) is 0.143. The van der Waals surface area contributed by atoms with Crippen LogP contribution in [0.3, 0.4) is 0 Å². The Morgan fingerprint density at radius 3 is 2.22 bits per heavy atom. The lowest BCUT2D eigenvalue weighted by Gasteiger charge is -1.96. The van der Waals surface area contributed by atoms with E-state index >= 15 is 0 Å². The van der Waals surface area contributed by atoms with E-state index in [0.717, 1.165) is 11.1 Å². The van der Waals surface area contributed by atoms with E-state index < -0.39 is 6.29 Å². The zero-order valence-corrected chi connectivity index (χ0v) is 4.70. The molecule has 0 fully saturated rings. The van der Waals surface area contributed by atoms with E-state index in [0.29, 0.717) is 5.56 Å². The molecule has 46 valence electrons. The summed E-state index contributed by atoms with van der Waals surface area (Å²) in [7, 11) is 0. The van der Waals surface area contributed by atoms with Crippen LogP contribution in [0.1, 0.15) is 11.9 Å². The summed E-state index contributed by atoms with van der Waals surface area (Å²) in [6, 6.07) is 5.54. The van der Waals surface area contributed by atoms with E-state index in [-0.39, 0.29) is 0 Å². The van der Waals surface area contributed by atoms with Crippen LogP contribution in [-0.4, -0.2) is 10.2 Å². The Morgan fingerprint density at radius 2 is 2.00 bits per heavy atom. The van der Waals surface area contributed by atoms with E-state index in [1.54, 1.807) is 6.07 Å². The van der Waals surface area contributed by atoms with Gasteiger partial charge in [-0.05, 0) is 17.2 Å². The molecule has 2 aliphatic carbocycles. The van der Waals surface area contributed by atoms with Gasteiger partial charge in [-0.2, -0.15) is 0 Å². The Hall–Kier alpha value is -0.860. The molecule has 0 unspecified atom stereocenters. The highest BCUT2D eigenvalue weighted by Gasteiger charge is 2.20. The van der Waals surface area contributed by atoms with Gasteiger partial charge in [0, 0.05) is 5.56 Å². The molecule has 0 bridgehead atoms. The summed E-state index contributed by atoms with van der Waals surface area (Å²) in [5.41, 5.74) is 2.77. The minimum atomic E-state index is -1.30. The maximum atomic E-state index is 8.66. The summed E-state index contributed by atoms with van der Waals surface area (Å²) >= 11 is 0. The van der Waals surface area contributed by atoms with Crippen molar-refractivity contribution in [3.8, 4) is 11.1 Å². The quantitative estimate of drug-likeness (QED) is 0.545. The van der Waals surface area contributed by atoms with Crippen molar-refractivity contribution >= 4 is 0 Å². The molecule has 9 heavy (non-hydrogen) atoms. The molecule has 2 nitrogen and oxygen atoms in total. The van der Waals surface area contributed by atoms with Crippen molar-refractivity contribution in [2.24, 2.45) is 0 Å². The molecule has 0 aromatic rings. The molecular formula is C7H6O2. The minimum Gasteiger partial charge on any atom is -0.364 e. The summed E-state index contributed by atoms with van der Waals surface area (Å²) in [6.45, 7) is 0. The van der Waals surface area contributed by atoms with Gasteiger partial charge in [0.05, 0.1) is 0 Å². The zero-order valence-electron chi connectivity index (χ0n) is 4.70. The first kappa shape index (κ1) is 4.97. The molecule has 0 aromatic carbocycles. The summed E-state index contributed by atoms with van der Waals surface area (Å²) in [4.78, 5) is 0. The van der Waals surface area contributed by atoms with Gasteiger partial charge in [0.15, 0.2) is 6.29 Å². The van der Waals surface area contributed by atoms with Crippen molar-refractivity contribution in [3.63, 3.8) is 0 Å². The van der Waals surface area contributed by atoms with Gasteiger partial charge >= 0.3 is 0 Å². The van der Waals surface area contributed by atoms with Crippen LogP contribution < -0.4 is 0 Å². The Morgan fingerprint density at radius 1 is 1.22 bits per heavy atom. The molecule has 0 aliphatic heterocycles. The molecular weight excluding hydrogens is 116 g/mol. The van der Waals surface area contributed by atoms with Crippen molar-refractivity contribution in [2.45, 2.75) is 6.29 Å². The lowest BCUT2D eigenvalue weighted by molar-refractivity contribution is -0.0416. The first-order chi connectivity index (χ1) is 4.29. The van der Waals surface area contributed by atoms with E-state index in [2.05, 4.69) is 0 Å². The largest absolute Gasteiger partial charge is 0.364 e. The summed E-state index contributed by atoms with van der Waals surface area (Å²) < 4.78 is 0. The lowest BCUT2D eigenvalue weighted by Crippen LogP contribution is -1.90. The molecule has 2 heteroatoms. The molecule has 0 radical (unpaired) electrons. The third-order valence-electron chi connectivity index (χ3n) is 1.56. The van der Waals surface area contributed by atoms with Crippen LogP contribution in [0.25, 0.3) is 11.1 Å². The van der Waals surface area contributed by atoms with Gasteiger partial charge in [-0.25, -0.2) is 0 Å². The number of aliphatic hydroxyl groups excluding tert-OH is 1. The normalized spacial score (nSPS) is 12.3. The van der Waals surface area contributed by atoms with Gasteiger partial charge in [0.1, 0.15) is 0 Å². The zero-order chi connectivity index (χ0) is 6.43. The van der Waals surface area contributed by atoms with Gasteiger partial charge in [-0.3, -0.25) is 0 Å². The summed E-state index contributed by atoms with van der Waals surface area (Å²) in [6.07, 6.45) is -1.30. The van der Waals surface area contributed by atoms with Crippen molar-refractivity contribution in [1.82, 2.24) is 0 Å². The minimum absolute atomic E-state index is 0.630. The molecule has 2 rings (SSSR count). The van der Waals surface area contributed by atoms with Crippen LogP contribution in [0, 0.1) is 0 Å². The second-order valence-corrected chi connectivity index (χ2v) is 2.18. The molecule has 0 aromatic heterocycles. The van der Waals surface area contributed by atoms with Crippen molar-refractivity contribution in [2.75, 3.05) is 0 Å². The highest BCUT2D eigenvalue weighted by molar-refractivity contribution is 5.84. The first-order valence-electron chi connectivity index (χ1n) is 2.79. The highest BCUT2D eigenvalue weighted by Crippen LogP contribution is 2.40. The van der Waals surface area contributed by atoms with Crippen LogP contribution in [0.5, 0.6) is 0 Å². The standard InChI is InChI=1S/C7H6O2/c8-7(9)5-2-1-4-3-6(4)5/h1-3,7-9H. The number of hydrogen-bond donors (Lipinski definition) is 2. The molecule has 0 atom stereocenters. The third kappa shape index (κ3) is 0.573. The maximum Gasteiger partial charge on any atom is 0.179 e. The molecule has 0 spiro atoms. The van der Waals surface area contributed by atoms with E-state index in [1.165, 1.54) is 0 Å². The van der Waals surface area contributed by atoms with E-state index in [4.69, 9.17) is 10.2 Å². The molecule has 0 saturated carbocycles. The number of benzene rings is 1. The summed E-state index contributed by atoms with van der Waals surface area (Å²) in [5.74, 6) is 0. The number of hydrogen-bond acceptors (Lipinski definition) is 2. The predicted octanol–water partition coefficient (Wildman–Crippen LogP) is 0.650. The average molecular weight is 122 g/mol. The SMILES string of the molecule is OC(O)c1ccc2cc1-2. The fourth-order valence-corrected chi connectivity index (χ4v) is 1.00. The van der Waals surface area contributed by atoms with Crippen LogP contribution >= 0.6 is 0 Å². The van der Waals surface area contributed by atoms with Crippen LogP contribution in [0.4, 0.5) is 0 Å². The van der Waals surface area contributed by atoms with Gasteiger partial charge < -0.3 is 10.2 Å². The fourth-order valence-electron chi connectivity index (χ4n) is 1.00. The topological polar surface area (TPSA) is 40.5 Å². The smallest absolute Gasteiger partial charge is 0.179 e. The Kier molecular flexibility index (Phi) is 0.743. The number of rotatable bonds is 1. The predicted molar refractivity (Wildman–Crippen MR) is 32.6 cm³/mol. The molecule has 2 N–H and O–H groups in total. The van der Waals surface area contributed by atoms with Crippen molar-refractivity contribution in [3.05, 3.63) is 23.8 Å². The van der Waals surface area contributed by atoms with E-state index in [9.17, 15) is 0 Å². The first-order valence-corrected chi connectivity index (χ1v) is 2.79. The molecule has 0 amide bonds. The second kappa shape index (κ2) is 1.35. The van der Waals surface area contributed by atoms with Gasteiger partial charge in [0.2, 0.25) is 0 Å². The maximum absolute atomic E-state index is 8.66. The third-order valence-corrected chi connectivity index (χ3v) is 1.56. The van der Waals surface area contributed by atoms with Crippen LogP contribution in [0.2, 0.25) is 0 Å². The Balaban J connectivity index is 2.42. The molecule has 0 heterocycles. The summed E-state index contributed by atoms with van der Waals surface area (Å²) in [5, 5.41) is 17.3. The molecule has 0 saturated heterocycles. The van der Waals surface area contributed by atoms with Gasteiger partial charge in [0.25, 0.3) is 0 Å². The number of fused-ring (bicyclic) bond motifs is 1. The van der Waals surface area contributed by atoms with Crippen molar-refractivity contribution in [1.29, 1.82) is 0 Å². The number of aliphatic hydroxyl groups is 2. The van der Waals surface area contributed by atoms with Gasteiger partial charge in [-0.1, -0.05) is 12.1 Å². The highest BCUT2D eigenvalue weighted by atomic mass is 16.5. The Labute approximate surface area is 52.4 Å². The van der Waals surface area contributed by atoms with Gasteiger partial charge in [-0.15, -0.1) is 0 Å². The van der Waals surface area contributed by atoms with Crippen LogP contribution in [0.15, 0.2) is 18.2 Å². The average Bonchev–Trinajstić information content (AvgIpc) is 2.43. The van der Waals surface area contributed by atoms with Crippen LogP contribution in [-0.2, 0) is 0 Å². The van der Waals surface area contributed by atoms with E-state index in [1.807, 2.05) is 12.1 Å². The molecule has 2 aliphatic rings. The second-order valence-electron chi connectivity index (χ2n) is 2.18. The Bertz CT molecular complexity index is 253.